The first-order valence-electron chi connectivity index (χ1n) is 6.77. The summed E-state index contributed by atoms with van der Waals surface area (Å²) in [7, 11) is 0. The highest BCUT2D eigenvalue weighted by atomic mass is 16.5. The lowest BCUT2D eigenvalue weighted by atomic mass is 10.0. The third-order valence-corrected chi connectivity index (χ3v) is 2.91. The normalized spacial score (nSPS) is 12.4. The topological polar surface area (TPSA) is 21.3 Å². The Balaban J connectivity index is 2.53. The van der Waals surface area contributed by atoms with Gasteiger partial charge in [0.2, 0.25) is 0 Å². The molecular formula is C15H25NO. The van der Waals surface area contributed by atoms with Gasteiger partial charge in [0.1, 0.15) is 5.75 Å². The van der Waals surface area contributed by atoms with E-state index in [9.17, 15) is 0 Å². The van der Waals surface area contributed by atoms with Gasteiger partial charge in [0.05, 0.1) is 6.61 Å². The molecule has 0 aliphatic carbocycles. The number of ether oxygens (including phenoxy) is 1. The molecule has 1 N–H and O–H groups in total. The molecule has 2 nitrogen and oxygen atoms in total. The molecule has 0 aliphatic heterocycles. The lowest BCUT2D eigenvalue weighted by Crippen LogP contribution is -2.19. The van der Waals surface area contributed by atoms with E-state index in [-0.39, 0.29) is 0 Å². The molecule has 0 bridgehead atoms. The molecule has 0 aromatic heterocycles. The Hall–Kier alpha value is -1.02. The van der Waals surface area contributed by atoms with Crippen LogP contribution in [0.4, 0.5) is 0 Å². The second-order valence-corrected chi connectivity index (χ2v) is 4.29. The van der Waals surface area contributed by atoms with Crippen LogP contribution in [0.1, 0.15) is 51.6 Å². The summed E-state index contributed by atoms with van der Waals surface area (Å²) in [5.41, 5.74) is 1.34. The van der Waals surface area contributed by atoms with Crippen LogP contribution in [0.3, 0.4) is 0 Å². The fraction of sp³-hybridized carbons (Fsp3) is 0.600. The lowest BCUT2D eigenvalue weighted by molar-refractivity contribution is 0.309. The van der Waals surface area contributed by atoms with Crippen molar-refractivity contribution in [1.29, 1.82) is 0 Å². The molecule has 0 aliphatic rings. The Labute approximate surface area is 105 Å². The molecule has 0 radical (unpaired) electrons. The molecule has 1 unspecified atom stereocenters. The van der Waals surface area contributed by atoms with Gasteiger partial charge in [-0.15, -0.1) is 0 Å². The SMILES string of the molecule is CCCCOc1ccc(C(CC)NCC)cc1. The van der Waals surface area contributed by atoms with E-state index in [1.807, 2.05) is 0 Å². The van der Waals surface area contributed by atoms with Crippen LogP contribution in [0.15, 0.2) is 24.3 Å². The summed E-state index contributed by atoms with van der Waals surface area (Å²) < 4.78 is 5.65. The fourth-order valence-corrected chi connectivity index (χ4v) is 1.88. The summed E-state index contributed by atoms with van der Waals surface area (Å²) in [5, 5.41) is 3.48. The summed E-state index contributed by atoms with van der Waals surface area (Å²) in [5.74, 6) is 0.980. The largest absolute Gasteiger partial charge is 0.494 e. The van der Waals surface area contributed by atoms with Crippen molar-refractivity contribution in [2.24, 2.45) is 0 Å². The molecule has 1 rings (SSSR count). The zero-order chi connectivity index (χ0) is 12.5. The van der Waals surface area contributed by atoms with E-state index < -0.39 is 0 Å². The van der Waals surface area contributed by atoms with Crippen LogP contribution in [-0.4, -0.2) is 13.2 Å². The average molecular weight is 235 g/mol. The first-order chi connectivity index (χ1) is 8.31. The smallest absolute Gasteiger partial charge is 0.119 e. The van der Waals surface area contributed by atoms with Gasteiger partial charge in [-0.2, -0.15) is 0 Å². The van der Waals surface area contributed by atoms with Crippen molar-refractivity contribution in [3.05, 3.63) is 29.8 Å². The number of benzene rings is 1. The number of hydrogen-bond acceptors (Lipinski definition) is 2. The van der Waals surface area contributed by atoms with Crippen molar-refractivity contribution in [2.45, 2.75) is 46.1 Å². The molecule has 96 valence electrons. The Morgan fingerprint density at radius 1 is 1.12 bits per heavy atom. The number of nitrogens with one attached hydrogen (secondary N) is 1. The van der Waals surface area contributed by atoms with Gasteiger partial charge in [0, 0.05) is 6.04 Å². The Morgan fingerprint density at radius 3 is 2.35 bits per heavy atom. The highest BCUT2D eigenvalue weighted by molar-refractivity contribution is 5.29. The molecule has 0 spiro atoms. The van der Waals surface area contributed by atoms with E-state index in [0.29, 0.717) is 6.04 Å². The fourth-order valence-electron chi connectivity index (χ4n) is 1.88. The van der Waals surface area contributed by atoms with Crippen molar-refractivity contribution in [1.82, 2.24) is 5.32 Å². The van der Waals surface area contributed by atoms with E-state index in [4.69, 9.17) is 4.74 Å². The van der Waals surface area contributed by atoms with Crippen LogP contribution in [-0.2, 0) is 0 Å². The van der Waals surface area contributed by atoms with Gasteiger partial charge in [-0.3, -0.25) is 0 Å². The van der Waals surface area contributed by atoms with Crippen LogP contribution in [0.2, 0.25) is 0 Å². The zero-order valence-electron chi connectivity index (χ0n) is 11.3. The highest BCUT2D eigenvalue weighted by Crippen LogP contribution is 2.20. The van der Waals surface area contributed by atoms with Gasteiger partial charge in [0.15, 0.2) is 0 Å². The second kappa shape index (κ2) is 8.13. The second-order valence-electron chi connectivity index (χ2n) is 4.29. The number of hydrogen-bond donors (Lipinski definition) is 1. The van der Waals surface area contributed by atoms with Crippen LogP contribution in [0.25, 0.3) is 0 Å². The monoisotopic (exact) mass is 235 g/mol. The van der Waals surface area contributed by atoms with E-state index in [2.05, 4.69) is 50.4 Å². The number of rotatable bonds is 8. The predicted molar refractivity (Wildman–Crippen MR) is 73.6 cm³/mol. The van der Waals surface area contributed by atoms with Gasteiger partial charge in [-0.25, -0.2) is 0 Å². The molecule has 0 saturated heterocycles. The molecule has 17 heavy (non-hydrogen) atoms. The van der Waals surface area contributed by atoms with Crippen molar-refractivity contribution >= 4 is 0 Å². The van der Waals surface area contributed by atoms with Crippen molar-refractivity contribution in [3.63, 3.8) is 0 Å². The van der Waals surface area contributed by atoms with E-state index in [1.54, 1.807) is 0 Å². The molecule has 0 amide bonds. The summed E-state index contributed by atoms with van der Waals surface area (Å²) in [6.07, 6.45) is 3.41. The predicted octanol–water partition coefficient (Wildman–Crippen LogP) is 3.93. The molecular weight excluding hydrogens is 210 g/mol. The van der Waals surface area contributed by atoms with Crippen LogP contribution in [0.5, 0.6) is 5.75 Å². The van der Waals surface area contributed by atoms with Gasteiger partial charge in [-0.05, 0) is 37.1 Å². The summed E-state index contributed by atoms with van der Waals surface area (Å²) in [6, 6.07) is 8.94. The van der Waals surface area contributed by atoms with E-state index >= 15 is 0 Å². The van der Waals surface area contributed by atoms with Crippen LogP contribution >= 0.6 is 0 Å². The minimum absolute atomic E-state index is 0.463. The first kappa shape index (κ1) is 14.0. The summed E-state index contributed by atoms with van der Waals surface area (Å²) in [6.45, 7) is 8.35. The standard InChI is InChI=1S/C15H25NO/c1-4-7-12-17-14-10-8-13(9-11-14)15(5-2)16-6-3/h8-11,15-16H,4-7,12H2,1-3H3. The molecule has 2 heteroatoms. The molecule has 1 atom stereocenters. The third-order valence-electron chi connectivity index (χ3n) is 2.91. The van der Waals surface area contributed by atoms with Crippen molar-refractivity contribution in [2.75, 3.05) is 13.2 Å². The molecule has 0 saturated carbocycles. The maximum Gasteiger partial charge on any atom is 0.119 e. The van der Waals surface area contributed by atoms with Gasteiger partial charge in [-0.1, -0.05) is 39.3 Å². The van der Waals surface area contributed by atoms with E-state index in [1.165, 1.54) is 12.0 Å². The van der Waals surface area contributed by atoms with Gasteiger partial charge < -0.3 is 10.1 Å². The third kappa shape index (κ3) is 4.78. The Morgan fingerprint density at radius 2 is 1.82 bits per heavy atom. The molecule has 0 heterocycles. The van der Waals surface area contributed by atoms with Crippen molar-refractivity contribution in [3.8, 4) is 5.75 Å². The van der Waals surface area contributed by atoms with Crippen LogP contribution in [0, 0.1) is 0 Å². The van der Waals surface area contributed by atoms with Crippen molar-refractivity contribution < 1.29 is 4.74 Å². The summed E-state index contributed by atoms with van der Waals surface area (Å²) >= 11 is 0. The van der Waals surface area contributed by atoms with E-state index in [0.717, 1.165) is 31.7 Å². The quantitative estimate of drug-likeness (QED) is 0.689. The average Bonchev–Trinajstić information content (AvgIpc) is 2.37. The Kier molecular flexibility index (Phi) is 6.71. The zero-order valence-corrected chi connectivity index (χ0v) is 11.3. The van der Waals surface area contributed by atoms with Gasteiger partial charge in [0.25, 0.3) is 0 Å². The molecule has 1 aromatic carbocycles. The maximum atomic E-state index is 5.65. The summed E-state index contributed by atoms with van der Waals surface area (Å²) in [4.78, 5) is 0. The minimum Gasteiger partial charge on any atom is -0.494 e. The lowest BCUT2D eigenvalue weighted by Gasteiger charge is -2.16. The first-order valence-corrected chi connectivity index (χ1v) is 6.77. The molecule has 0 fully saturated rings. The highest BCUT2D eigenvalue weighted by Gasteiger charge is 2.06. The van der Waals surface area contributed by atoms with Gasteiger partial charge >= 0.3 is 0 Å². The maximum absolute atomic E-state index is 5.65. The minimum atomic E-state index is 0.463. The number of unbranched alkanes of at least 4 members (excludes halogenated alkanes) is 1. The Bertz CT molecular complexity index is 294. The van der Waals surface area contributed by atoms with Crippen LogP contribution < -0.4 is 10.1 Å². The molecule has 1 aromatic rings.